The molecule has 0 aliphatic heterocycles. The van der Waals surface area contributed by atoms with Crippen molar-refractivity contribution in [3.63, 3.8) is 0 Å². The highest BCUT2D eigenvalue weighted by Gasteiger charge is 2.18. The molecule has 0 fully saturated rings. The lowest BCUT2D eigenvalue weighted by Crippen LogP contribution is -2.32. The van der Waals surface area contributed by atoms with E-state index in [2.05, 4.69) is 5.32 Å². The Balaban J connectivity index is 1.44. The van der Waals surface area contributed by atoms with Gasteiger partial charge in [0, 0.05) is 30.5 Å². The second kappa shape index (κ2) is 16.1. The number of methoxy groups -OCH3 is 1. The summed E-state index contributed by atoms with van der Waals surface area (Å²) in [6.45, 7) is 4.30. The third-order valence-corrected chi connectivity index (χ3v) is 6.42. The van der Waals surface area contributed by atoms with Crippen LogP contribution in [0.2, 0.25) is 0 Å². The first kappa shape index (κ1) is 30.4. The molecule has 0 radical (unpaired) electrons. The summed E-state index contributed by atoms with van der Waals surface area (Å²) in [4.78, 5) is 24.6. The normalized spacial score (nSPS) is 12.5. The Morgan fingerprint density at radius 1 is 1.00 bits per heavy atom. The van der Waals surface area contributed by atoms with Crippen LogP contribution in [0.25, 0.3) is 11.1 Å². The lowest BCUT2D eigenvalue weighted by atomic mass is 10.0. The molecule has 7 nitrogen and oxygen atoms in total. The minimum atomic E-state index is -1.28. The molecule has 3 aromatic rings. The van der Waals surface area contributed by atoms with Crippen LogP contribution in [0.3, 0.4) is 0 Å². The van der Waals surface area contributed by atoms with E-state index >= 15 is 0 Å². The molecule has 0 aromatic heterocycles. The van der Waals surface area contributed by atoms with Gasteiger partial charge in [-0.15, -0.1) is 0 Å². The van der Waals surface area contributed by atoms with Gasteiger partial charge in [-0.25, -0.2) is 4.79 Å². The Hall–Kier alpha value is -4.10. The van der Waals surface area contributed by atoms with E-state index < -0.39 is 12.1 Å². The largest absolute Gasteiger partial charge is 0.496 e. The number of carbonyl (C=O) groups is 2. The second-order valence-corrected chi connectivity index (χ2v) is 9.42. The minimum Gasteiger partial charge on any atom is -0.496 e. The average Bonchev–Trinajstić information content (AvgIpc) is 2.98. The van der Waals surface area contributed by atoms with E-state index in [1.807, 2.05) is 80.6 Å². The zero-order chi connectivity index (χ0) is 28.7. The Kier molecular flexibility index (Phi) is 12.3. The van der Waals surface area contributed by atoms with E-state index in [-0.39, 0.29) is 25.0 Å². The van der Waals surface area contributed by atoms with Crippen LogP contribution in [-0.4, -0.2) is 42.8 Å². The summed E-state index contributed by atoms with van der Waals surface area (Å²) in [5, 5.41) is 13.4. The number of hydrogen-bond donors (Lipinski definition) is 2. The number of esters is 1. The number of allylic oxidation sites excluding steroid dienone is 1. The van der Waals surface area contributed by atoms with Gasteiger partial charge in [0.05, 0.1) is 13.7 Å². The smallest absolute Gasteiger partial charge is 0.335 e. The van der Waals surface area contributed by atoms with Crippen molar-refractivity contribution >= 4 is 11.9 Å². The van der Waals surface area contributed by atoms with Gasteiger partial charge in [-0.3, -0.25) is 4.79 Å². The fraction of sp³-hybridized carbons (Fsp3) is 0.333. The molecule has 0 saturated heterocycles. The Labute approximate surface area is 236 Å². The summed E-state index contributed by atoms with van der Waals surface area (Å²) < 4.78 is 16.6. The topological polar surface area (TPSA) is 94.1 Å². The van der Waals surface area contributed by atoms with Gasteiger partial charge in [-0.2, -0.15) is 0 Å². The first-order valence-electron chi connectivity index (χ1n) is 13.6. The van der Waals surface area contributed by atoms with Crippen molar-refractivity contribution in [1.82, 2.24) is 5.32 Å². The van der Waals surface area contributed by atoms with Crippen molar-refractivity contribution < 1.29 is 28.9 Å². The molecule has 2 atom stereocenters. The summed E-state index contributed by atoms with van der Waals surface area (Å²) >= 11 is 0. The van der Waals surface area contributed by atoms with Crippen molar-refractivity contribution in [3.05, 3.63) is 96.1 Å². The van der Waals surface area contributed by atoms with E-state index in [9.17, 15) is 14.7 Å². The average molecular weight is 546 g/mol. The van der Waals surface area contributed by atoms with Crippen LogP contribution < -0.4 is 14.8 Å². The van der Waals surface area contributed by atoms with Gasteiger partial charge in [0.15, 0.2) is 6.10 Å². The minimum absolute atomic E-state index is 0.00493. The molecule has 0 aliphatic carbocycles. The van der Waals surface area contributed by atoms with E-state index in [1.165, 1.54) is 7.11 Å². The Morgan fingerprint density at radius 3 is 2.40 bits per heavy atom. The summed E-state index contributed by atoms with van der Waals surface area (Å²) in [5.74, 6) is 0.389. The first-order valence-corrected chi connectivity index (χ1v) is 13.6. The van der Waals surface area contributed by atoms with E-state index in [1.54, 1.807) is 18.2 Å². The molecule has 3 rings (SSSR count). The summed E-state index contributed by atoms with van der Waals surface area (Å²) in [5.41, 5.74) is 3.66. The van der Waals surface area contributed by atoms with Crippen LogP contribution in [0.5, 0.6) is 11.5 Å². The van der Waals surface area contributed by atoms with Crippen molar-refractivity contribution in [1.29, 1.82) is 0 Å². The number of aliphatic hydroxyl groups is 1. The first-order chi connectivity index (χ1) is 19.4. The van der Waals surface area contributed by atoms with Gasteiger partial charge in [-0.1, -0.05) is 73.7 Å². The molecule has 0 bridgehead atoms. The molecule has 2 N–H and O–H groups in total. The maximum Gasteiger partial charge on any atom is 0.335 e. The highest BCUT2D eigenvalue weighted by molar-refractivity contribution is 5.76. The highest BCUT2D eigenvalue weighted by atomic mass is 16.5. The van der Waals surface area contributed by atoms with Crippen LogP contribution in [0.4, 0.5) is 0 Å². The number of aliphatic hydroxyl groups excluding tert-OH is 1. The van der Waals surface area contributed by atoms with Crippen LogP contribution in [0.15, 0.2) is 84.9 Å². The van der Waals surface area contributed by atoms with Gasteiger partial charge >= 0.3 is 5.97 Å². The van der Waals surface area contributed by atoms with Crippen molar-refractivity contribution in [2.45, 2.75) is 58.3 Å². The number of rotatable bonds is 15. The van der Waals surface area contributed by atoms with E-state index in [0.717, 1.165) is 23.1 Å². The molecule has 0 heterocycles. The predicted molar refractivity (Wildman–Crippen MR) is 156 cm³/mol. The van der Waals surface area contributed by atoms with Gasteiger partial charge < -0.3 is 24.6 Å². The summed E-state index contributed by atoms with van der Waals surface area (Å²) in [7, 11) is 1.53. The molecule has 1 amide bonds. The number of carbonyl (C=O) groups excluding carboxylic acids is 2. The third-order valence-electron chi connectivity index (χ3n) is 6.42. The van der Waals surface area contributed by atoms with Gasteiger partial charge in [0.25, 0.3) is 0 Å². The number of benzene rings is 3. The molecular formula is C33H39NO6. The summed E-state index contributed by atoms with van der Waals surface area (Å²) in [6.07, 6.45) is 4.58. The van der Waals surface area contributed by atoms with Crippen LogP contribution in [0.1, 0.15) is 44.2 Å². The molecule has 7 heteroatoms. The van der Waals surface area contributed by atoms with Crippen molar-refractivity contribution in [2.24, 2.45) is 0 Å². The van der Waals surface area contributed by atoms with Gasteiger partial charge in [-0.05, 0) is 48.6 Å². The SMILES string of the molecule is C/C=C\[C@H](CC)NC(=O)CCCOc1ccc(COC(=O)C(O)Cc2ccc(-c3ccccc3)cc2)c(OC)c1. The fourth-order valence-corrected chi connectivity index (χ4v) is 4.17. The monoisotopic (exact) mass is 545 g/mol. The molecule has 40 heavy (non-hydrogen) atoms. The van der Waals surface area contributed by atoms with Crippen molar-refractivity contribution in [2.75, 3.05) is 13.7 Å². The molecule has 0 spiro atoms. The molecule has 212 valence electrons. The lowest BCUT2D eigenvalue weighted by Gasteiger charge is -2.15. The fourth-order valence-electron chi connectivity index (χ4n) is 4.17. The highest BCUT2D eigenvalue weighted by Crippen LogP contribution is 2.26. The number of amides is 1. The molecule has 0 aliphatic rings. The molecule has 1 unspecified atom stereocenters. The van der Waals surface area contributed by atoms with Gasteiger partial charge in [0.1, 0.15) is 18.1 Å². The van der Waals surface area contributed by atoms with Crippen LogP contribution in [0, 0.1) is 0 Å². The number of ether oxygens (including phenoxy) is 3. The number of nitrogens with one attached hydrogen (secondary N) is 1. The van der Waals surface area contributed by atoms with Gasteiger partial charge in [0.2, 0.25) is 5.91 Å². The zero-order valence-electron chi connectivity index (χ0n) is 23.5. The van der Waals surface area contributed by atoms with Crippen LogP contribution >= 0.6 is 0 Å². The Bertz CT molecular complexity index is 1240. The predicted octanol–water partition coefficient (Wildman–Crippen LogP) is 5.64. The van der Waals surface area contributed by atoms with E-state index in [0.29, 0.717) is 36.5 Å². The quantitative estimate of drug-likeness (QED) is 0.146. The molecule has 3 aromatic carbocycles. The second-order valence-electron chi connectivity index (χ2n) is 9.42. The van der Waals surface area contributed by atoms with Crippen molar-refractivity contribution in [3.8, 4) is 22.6 Å². The third kappa shape index (κ3) is 9.58. The van der Waals surface area contributed by atoms with Crippen LogP contribution in [-0.2, 0) is 27.4 Å². The summed E-state index contributed by atoms with van der Waals surface area (Å²) in [6, 6.07) is 23.0. The Morgan fingerprint density at radius 2 is 1.73 bits per heavy atom. The maximum atomic E-state index is 12.5. The standard InChI is InChI=1S/C33H39NO6/c1-4-10-28(5-2)34-32(36)13-9-20-39-29-19-18-27(31(22-29)38-3)23-40-33(37)30(35)21-24-14-16-26(17-15-24)25-11-7-6-8-12-25/h4,6-8,10-12,14-19,22,28,30,35H,5,9,13,20-21,23H2,1-3H3,(H,34,36)/b10-4-/t28-,30?/m0/s1. The molecular weight excluding hydrogens is 506 g/mol. The maximum absolute atomic E-state index is 12.5. The van der Waals surface area contributed by atoms with E-state index in [4.69, 9.17) is 14.2 Å². The number of hydrogen-bond acceptors (Lipinski definition) is 6. The lowest BCUT2D eigenvalue weighted by molar-refractivity contribution is -0.154. The zero-order valence-corrected chi connectivity index (χ0v) is 23.5. The molecule has 0 saturated carbocycles.